The molecule has 0 radical (unpaired) electrons. The summed E-state index contributed by atoms with van der Waals surface area (Å²) < 4.78 is 12.0. The van der Waals surface area contributed by atoms with E-state index in [1.54, 1.807) is 30.3 Å². The number of ether oxygens (including phenoxy) is 1. The van der Waals surface area contributed by atoms with Crippen LogP contribution in [-0.4, -0.2) is 22.1 Å². The van der Waals surface area contributed by atoms with Gasteiger partial charge in [-0.15, -0.1) is 0 Å². The highest BCUT2D eigenvalue weighted by Crippen LogP contribution is 2.38. The number of hydrogen-bond donors (Lipinski definition) is 1. The fourth-order valence-electron chi connectivity index (χ4n) is 5.25. The molecule has 43 heavy (non-hydrogen) atoms. The smallest absolute Gasteiger partial charge is 0.345 e. The van der Waals surface area contributed by atoms with Crippen molar-refractivity contribution >= 4 is 22.6 Å². The second kappa shape index (κ2) is 12.0. The van der Waals surface area contributed by atoms with Gasteiger partial charge in [0.05, 0.1) is 4.92 Å². The largest absolute Gasteiger partial charge is 0.478 e. The lowest BCUT2D eigenvalue weighted by atomic mass is 9.96. The zero-order chi connectivity index (χ0) is 29.8. The first-order chi connectivity index (χ1) is 21.0. The van der Waals surface area contributed by atoms with E-state index in [1.165, 1.54) is 12.1 Å². The molecule has 6 rings (SSSR count). The zero-order valence-electron chi connectivity index (χ0n) is 23.1. The van der Waals surface area contributed by atoms with Gasteiger partial charge in [0.15, 0.2) is 11.9 Å². The number of nitro benzene ring substituents is 1. The summed E-state index contributed by atoms with van der Waals surface area (Å²) in [5, 5.41) is 22.7. The predicted molar refractivity (Wildman–Crippen MR) is 165 cm³/mol. The Morgan fingerprint density at radius 1 is 0.767 bits per heavy atom. The predicted octanol–water partition coefficient (Wildman–Crippen LogP) is 8.34. The number of fused-ring (bicyclic) bond motifs is 1. The molecule has 5 aromatic carbocycles. The number of carboxylic acids is 1. The fraction of sp³-hybridized carbons (Fsp3) is 0.0833. The SMILES string of the molecule is O=C(O)[C@@H](Cc1ccccc1)Oc1ccc(-c2ccc(-c3c(Cc4ccccc4)oc4ccccc34)cc2)cc1[N+](=O)[O-]. The molecule has 7 heteroatoms. The van der Waals surface area contributed by atoms with Crippen molar-refractivity contribution in [2.45, 2.75) is 18.9 Å². The summed E-state index contributed by atoms with van der Waals surface area (Å²) >= 11 is 0. The molecule has 6 aromatic rings. The molecule has 0 aliphatic heterocycles. The number of carbonyl (C=O) groups is 1. The van der Waals surface area contributed by atoms with Crippen molar-refractivity contribution in [3.63, 3.8) is 0 Å². The molecule has 7 nitrogen and oxygen atoms in total. The van der Waals surface area contributed by atoms with Crippen LogP contribution in [0.4, 0.5) is 5.69 Å². The van der Waals surface area contributed by atoms with Crippen LogP contribution in [0.1, 0.15) is 16.9 Å². The molecule has 0 bridgehead atoms. The van der Waals surface area contributed by atoms with Crippen LogP contribution in [0.5, 0.6) is 5.75 Å². The summed E-state index contributed by atoms with van der Waals surface area (Å²) in [5.41, 5.74) is 5.78. The van der Waals surface area contributed by atoms with Crippen molar-refractivity contribution < 1.29 is 24.0 Å². The number of hydrogen-bond acceptors (Lipinski definition) is 5. The summed E-state index contributed by atoms with van der Waals surface area (Å²) in [6.45, 7) is 0. The molecule has 212 valence electrons. The quantitative estimate of drug-likeness (QED) is 0.131. The average molecular weight is 570 g/mol. The van der Waals surface area contributed by atoms with E-state index >= 15 is 0 Å². The Morgan fingerprint density at radius 3 is 2.05 bits per heavy atom. The van der Waals surface area contributed by atoms with Crippen LogP contribution >= 0.6 is 0 Å². The van der Waals surface area contributed by atoms with Crippen molar-refractivity contribution in [2.24, 2.45) is 0 Å². The third-order valence-corrected chi connectivity index (χ3v) is 7.35. The van der Waals surface area contributed by atoms with Crippen LogP contribution in [0, 0.1) is 10.1 Å². The third-order valence-electron chi connectivity index (χ3n) is 7.35. The van der Waals surface area contributed by atoms with Gasteiger partial charge in [0, 0.05) is 29.9 Å². The van der Waals surface area contributed by atoms with Crippen molar-refractivity contribution in [1.29, 1.82) is 0 Å². The molecule has 0 spiro atoms. The van der Waals surface area contributed by atoms with Gasteiger partial charge < -0.3 is 14.3 Å². The lowest BCUT2D eigenvalue weighted by Gasteiger charge is -2.16. The Bertz CT molecular complexity index is 1900. The maximum absolute atomic E-state index is 12.0. The molecule has 0 saturated heterocycles. The molecule has 1 atom stereocenters. The van der Waals surface area contributed by atoms with Gasteiger partial charge in [-0.05, 0) is 39.9 Å². The first kappa shape index (κ1) is 27.5. The zero-order valence-corrected chi connectivity index (χ0v) is 23.1. The Kier molecular flexibility index (Phi) is 7.70. The van der Waals surface area contributed by atoms with Crippen molar-refractivity contribution in [3.05, 3.63) is 154 Å². The standard InChI is InChI=1S/C36H27NO6/c38-36(39)34(22-25-11-5-2-6-12-25)43-32-20-19-28(23-30(32)37(40)41)26-15-17-27(18-16-26)35-29-13-7-8-14-31(29)42-33(35)21-24-9-3-1-4-10-24/h1-20,23,34H,21-22H2,(H,38,39)/t34-/m1/s1. The van der Waals surface area contributed by atoms with E-state index in [0.717, 1.165) is 44.5 Å². The average Bonchev–Trinajstić information content (AvgIpc) is 3.39. The van der Waals surface area contributed by atoms with Crippen molar-refractivity contribution in [2.75, 3.05) is 0 Å². The van der Waals surface area contributed by atoms with E-state index in [0.29, 0.717) is 12.0 Å². The maximum atomic E-state index is 12.0. The summed E-state index contributed by atoms with van der Waals surface area (Å²) in [6, 6.07) is 39.5. The molecule has 0 saturated carbocycles. The van der Waals surface area contributed by atoms with Crippen LogP contribution in [-0.2, 0) is 17.6 Å². The molecule has 1 aromatic heterocycles. The van der Waals surface area contributed by atoms with Gasteiger partial charge >= 0.3 is 11.7 Å². The number of nitro groups is 1. The first-order valence-electron chi connectivity index (χ1n) is 13.8. The van der Waals surface area contributed by atoms with E-state index in [9.17, 15) is 20.0 Å². The number of furan rings is 1. The highest BCUT2D eigenvalue weighted by Gasteiger charge is 2.25. The number of benzene rings is 5. The van der Waals surface area contributed by atoms with E-state index in [1.807, 2.05) is 72.8 Å². The van der Waals surface area contributed by atoms with E-state index in [2.05, 4.69) is 12.1 Å². The number of aliphatic carboxylic acids is 1. The number of para-hydroxylation sites is 1. The van der Waals surface area contributed by atoms with Crippen LogP contribution in [0.25, 0.3) is 33.2 Å². The molecule has 0 amide bonds. The normalized spacial score (nSPS) is 11.7. The monoisotopic (exact) mass is 569 g/mol. The number of nitrogens with zero attached hydrogens (tertiary/aromatic N) is 1. The summed E-state index contributed by atoms with van der Waals surface area (Å²) in [7, 11) is 0. The second-order valence-electron chi connectivity index (χ2n) is 10.2. The molecule has 1 heterocycles. The summed E-state index contributed by atoms with van der Waals surface area (Å²) in [4.78, 5) is 23.4. The highest BCUT2D eigenvalue weighted by molar-refractivity contribution is 5.96. The minimum atomic E-state index is -1.28. The number of carboxylic acid groups (broad SMARTS) is 1. The van der Waals surface area contributed by atoms with Gasteiger partial charge in [-0.25, -0.2) is 4.79 Å². The third kappa shape index (κ3) is 6.01. The minimum Gasteiger partial charge on any atom is -0.478 e. The molecule has 0 aliphatic rings. The molecule has 0 aliphatic carbocycles. The lowest BCUT2D eigenvalue weighted by Crippen LogP contribution is -2.29. The molecular weight excluding hydrogens is 542 g/mol. The van der Waals surface area contributed by atoms with E-state index in [4.69, 9.17) is 9.15 Å². The van der Waals surface area contributed by atoms with Gasteiger partial charge in [0.2, 0.25) is 0 Å². The van der Waals surface area contributed by atoms with E-state index in [-0.39, 0.29) is 17.9 Å². The van der Waals surface area contributed by atoms with Gasteiger partial charge in [-0.1, -0.05) is 109 Å². The van der Waals surface area contributed by atoms with Crippen molar-refractivity contribution in [1.82, 2.24) is 0 Å². The van der Waals surface area contributed by atoms with Crippen LogP contribution in [0.2, 0.25) is 0 Å². The Balaban J connectivity index is 1.30. The Hall–Kier alpha value is -5.69. The first-order valence-corrected chi connectivity index (χ1v) is 13.8. The minimum absolute atomic E-state index is 0.0749. The molecular formula is C36H27NO6. The highest BCUT2D eigenvalue weighted by atomic mass is 16.6. The topological polar surface area (TPSA) is 103 Å². The number of rotatable bonds is 10. The van der Waals surface area contributed by atoms with Crippen LogP contribution in [0.3, 0.4) is 0 Å². The van der Waals surface area contributed by atoms with Gasteiger partial charge in [-0.3, -0.25) is 10.1 Å². The van der Waals surface area contributed by atoms with Gasteiger partial charge in [-0.2, -0.15) is 0 Å². The van der Waals surface area contributed by atoms with Crippen LogP contribution < -0.4 is 4.74 Å². The Morgan fingerprint density at radius 2 is 1.37 bits per heavy atom. The van der Waals surface area contributed by atoms with Gasteiger partial charge in [0.1, 0.15) is 11.3 Å². The molecule has 0 fully saturated rings. The summed E-state index contributed by atoms with van der Waals surface area (Å²) in [6.07, 6.45) is -0.561. The van der Waals surface area contributed by atoms with Crippen molar-refractivity contribution in [3.8, 4) is 28.0 Å². The van der Waals surface area contributed by atoms with Gasteiger partial charge in [0.25, 0.3) is 0 Å². The molecule has 0 unspecified atom stereocenters. The fourth-order valence-corrected chi connectivity index (χ4v) is 5.25. The van der Waals surface area contributed by atoms with E-state index < -0.39 is 17.0 Å². The lowest BCUT2D eigenvalue weighted by molar-refractivity contribution is -0.386. The maximum Gasteiger partial charge on any atom is 0.345 e. The van der Waals surface area contributed by atoms with Crippen LogP contribution in [0.15, 0.2) is 132 Å². The summed E-state index contributed by atoms with van der Waals surface area (Å²) in [5.74, 6) is -0.430. The second-order valence-corrected chi connectivity index (χ2v) is 10.2. The molecule has 1 N–H and O–H groups in total. The Labute approximate surface area is 247 Å².